The molecule has 0 bridgehead atoms. The van der Waals surface area contributed by atoms with E-state index in [0.717, 1.165) is 6.07 Å². The Bertz CT molecular complexity index is 781. The second kappa shape index (κ2) is 5.90. The van der Waals surface area contributed by atoms with Gasteiger partial charge in [0.25, 0.3) is 10.0 Å². The van der Waals surface area contributed by atoms with Crippen molar-refractivity contribution >= 4 is 37.3 Å². The fourth-order valence-electron chi connectivity index (χ4n) is 1.66. The van der Waals surface area contributed by atoms with Crippen LogP contribution in [-0.4, -0.2) is 15.5 Å². The fraction of sp³-hybridized carbons (Fsp3) is 0.0769. The number of benzene rings is 2. The predicted molar refractivity (Wildman–Crippen MR) is 82.3 cm³/mol. The summed E-state index contributed by atoms with van der Waals surface area (Å²) in [6.07, 6.45) is 0. The number of sulfonamides is 1. The minimum Gasteiger partial charge on any atom is -0.497 e. The zero-order chi connectivity index (χ0) is 15.6. The van der Waals surface area contributed by atoms with Crippen molar-refractivity contribution in [2.75, 3.05) is 17.6 Å². The summed E-state index contributed by atoms with van der Waals surface area (Å²) >= 11 is 3.23. The van der Waals surface area contributed by atoms with Crippen LogP contribution < -0.4 is 15.2 Å². The highest BCUT2D eigenvalue weighted by atomic mass is 79.9. The first kappa shape index (κ1) is 15.6. The van der Waals surface area contributed by atoms with Gasteiger partial charge >= 0.3 is 0 Å². The molecule has 3 N–H and O–H groups in total. The lowest BCUT2D eigenvalue weighted by Gasteiger charge is -2.12. The van der Waals surface area contributed by atoms with E-state index in [1.54, 1.807) is 12.1 Å². The molecule has 0 aliphatic carbocycles. The van der Waals surface area contributed by atoms with Gasteiger partial charge in [0.1, 0.15) is 16.5 Å². The van der Waals surface area contributed by atoms with E-state index in [2.05, 4.69) is 20.7 Å². The first-order chi connectivity index (χ1) is 9.85. The molecule has 0 unspecified atom stereocenters. The molecule has 0 aromatic heterocycles. The van der Waals surface area contributed by atoms with Crippen molar-refractivity contribution in [3.63, 3.8) is 0 Å². The van der Waals surface area contributed by atoms with Crippen LogP contribution in [0.25, 0.3) is 0 Å². The van der Waals surface area contributed by atoms with Gasteiger partial charge in [-0.1, -0.05) is 6.07 Å². The Kier molecular flexibility index (Phi) is 4.38. The molecular formula is C13H12BrFN2O3S. The lowest BCUT2D eigenvalue weighted by Crippen LogP contribution is -2.15. The summed E-state index contributed by atoms with van der Waals surface area (Å²) in [6.45, 7) is 0. The van der Waals surface area contributed by atoms with Crippen molar-refractivity contribution in [1.82, 2.24) is 0 Å². The minimum atomic E-state index is -4.01. The number of hydrogen-bond donors (Lipinski definition) is 2. The molecule has 0 fully saturated rings. The Morgan fingerprint density at radius 1 is 1.29 bits per heavy atom. The highest BCUT2D eigenvalue weighted by Crippen LogP contribution is 2.30. The fourth-order valence-corrected chi connectivity index (χ4v) is 3.35. The monoisotopic (exact) mass is 374 g/mol. The van der Waals surface area contributed by atoms with Crippen LogP contribution in [0.2, 0.25) is 0 Å². The molecule has 5 nitrogen and oxygen atoms in total. The van der Waals surface area contributed by atoms with Crippen LogP contribution >= 0.6 is 15.9 Å². The number of nitrogen functional groups attached to an aromatic ring is 1. The van der Waals surface area contributed by atoms with Crippen molar-refractivity contribution in [2.45, 2.75) is 4.90 Å². The number of para-hydroxylation sites is 1. The van der Waals surface area contributed by atoms with Crippen LogP contribution in [0.15, 0.2) is 45.8 Å². The summed E-state index contributed by atoms with van der Waals surface area (Å²) in [7, 11) is -2.55. The maximum Gasteiger partial charge on any atom is 0.264 e. The molecule has 0 amide bonds. The maximum absolute atomic E-state index is 13.4. The number of halogens is 2. The van der Waals surface area contributed by atoms with E-state index < -0.39 is 21.5 Å². The summed E-state index contributed by atoms with van der Waals surface area (Å²) in [5.41, 5.74) is 5.32. The van der Waals surface area contributed by atoms with Crippen molar-refractivity contribution in [3.8, 4) is 5.75 Å². The maximum atomic E-state index is 13.4. The largest absolute Gasteiger partial charge is 0.497 e. The summed E-state index contributed by atoms with van der Waals surface area (Å²) in [5.74, 6) is -0.314. The van der Waals surface area contributed by atoms with E-state index in [1.165, 1.54) is 25.3 Å². The van der Waals surface area contributed by atoms with E-state index in [4.69, 9.17) is 10.5 Å². The molecule has 0 saturated heterocycles. The highest BCUT2D eigenvalue weighted by molar-refractivity contribution is 9.10. The lowest BCUT2D eigenvalue weighted by atomic mass is 10.3. The van der Waals surface area contributed by atoms with Crippen LogP contribution in [0.4, 0.5) is 15.8 Å². The Morgan fingerprint density at radius 3 is 2.67 bits per heavy atom. The van der Waals surface area contributed by atoms with Crippen LogP contribution in [0.1, 0.15) is 0 Å². The molecule has 0 spiro atoms. The Morgan fingerprint density at radius 2 is 2.00 bits per heavy atom. The number of nitrogens with two attached hydrogens (primary N) is 1. The van der Waals surface area contributed by atoms with Gasteiger partial charge in [-0.2, -0.15) is 0 Å². The van der Waals surface area contributed by atoms with Crippen LogP contribution in [0.3, 0.4) is 0 Å². The van der Waals surface area contributed by atoms with Crippen LogP contribution in [0, 0.1) is 5.82 Å². The molecule has 0 radical (unpaired) electrons. The van der Waals surface area contributed by atoms with Gasteiger partial charge in [0, 0.05) is 10.5 Å². The first-order valence-corrected chi connectivity index (χ1v) is 8.03. The molecule has 0 aliphatic rings. The number of hydrogen-bond acceptors (Lipinski definition) is 4. The SMILES string of the molecule is COc1ccc(Br)c(NS(=O)(=O)c2cccc(F)c2N)c1. The van der Waals surface area contributed by atoms with Crippen molar-refractivity contribution in [2.24, 2.45) is 0 Å². The average Bonchev–Trinajstić information content (AvgIpc) is 2.44. The van der Waals surface area contributed by atoms with E-state index in [1.807, 2.05) is 0 Å². The van der Waals surface area contributed by atoms with Gasteiger partial charge in [-0.25, -0.2) is 12.8 Å². The highest BCUT2D eigenvalue weighted by Gasteiger charge is 2.20. The zero-order valence-corrected chi connectivity index (χ0v) is 13.3. The van der Waals surface area contributed by atoms with Crippen molar-refractivity contribution < 1.29 is 17.5 Å². The Balaban J connectivity index is 2.45. The number of methoxy groups -OCH3 is 1. The molecule has 112 valence electrons. The molecule has 0 aliphatic heterocycles. The van der Waals surface area contributed by atoms with Crippen molar-refractivity contribution in [1.29, 1.82) is 0 Å². The van der Waals surface area contributed by atoms with E-state index in [-0.39, 0.29) is 10.6 Å². The molecule has 2 rings (SSSR count). The molecule has 0 saturated carbocycles. The van der Waals surface area contributed by atoms with Gasteiger partial charge < -0.3 is 10.5 Å². The topological polar surface area (TPSA) is 81.4 Å². The normalized spacial score (nSPS) is 11.2. The quantitative estimate of drug-likeness (QED) is 0.806. The standard InChI is InChI=1S/C13H12BrFN2O3S/c1-20-8-5-6-9(14)11(7-8)17-21(18,19)12-4-2-3-10(15)13(12)16/h2-7,17H,16H2,1H3. The predicted octanol–water partition coefficient (Wildman–Crippen LogP) is 2.98. The number of rotatable bonds is 4. The van der Waals surface area contributed by atoms with Crippen molar-refractivity contribution in [3.05, 3.63) is 46.7 Å². The molecular weight excluding hydrogens is 363 g/mol. The van der Waals surface area contributed by atoms with Crippen LogP contribution in [0.5, 0.6) is 5.75 Å². The second-order valence-electron chi connectivity index (χ2n) is 4.10. The Labute approximate surface area is 130 Å². The van der Waals surface area contributed by atoms with E-state index >= 15 is 0 Å². The van der Waals surface area contributed by atoms with Gasteiger partial charge in [-0.05, 0) is 40.2 Å². The molecule has 0 atom stereocenters. The van der Waals surface area contributed by atoms with Gasteiger partial charge in [0.05, 0.1) is 18.5 Å². The third kappa shape index (κ3) is 3.27. The van der Waals surface area contributed by atoms with Crippen LogP contribution in [-0.2, 0) is 10.0 Å². The third-order valence-corrected chi connectivity index (χ3v) is 4.84. The number of nitrogens with one attached hydrogen (secondary N) is 1. The van der Waals surface area contributed by atoms with Gasteiger partial charge in [-0.15, -0.1) is 0 Å². The summed E-state index contributed by atoms with van der Waals surface area (Å²) in [4.78, 5) is -0.322. The molecule has 2 aromatic rings. The lowest BCUT2D eigenvalue weighted by molar-refractivity contribution is 0.415. The molecule has 2 aromatic carbocycles. The smallest absolute Gasteiger partial charge is 0.264 e. The van der Waals surface area contributed by atoms with E-state index in [9.17, 15) is 12.8 Å². The number of ether oxygens (including phenoxy) is 1. The molecule has 0 heterocycles. The molecule has 8 heteroatoms. The van der Waals surface area contributed by atoms with Gasteiger partial charge in [0.2, 0.25) is 0 Å². The number of anilines is 2. The summed E-state index contributed by atoms with van der Waals surface area (Å²) < 4.78 is 45.9. The van der Waals surface area contributed by atoms with E-state index in [0.29, 0.717) is 10.2 Å². The van der Waals surface area contributed by atoms with Gasteiger partial charge in [-0.3, -0.25) is 4.72 Å². The molecule has 21 heavy (non-hydrogen) atoms. The first-order valence-electron chi connectivity index (χ1n) is 5.75. The zero-order valence-electron chi connectivity index (χ0n) is 10.9. The average molecular weight is 375 g/mol. The minimum absolute atomic E-state index is 0.262. The Hall–Kier alpha value is -1.80. The second-order valence-corrected chi connectivity index (χ2v) is 6.61. The third-order valence-electron chi connectivity index (χ3n) is 2.72. The van der Waals surface area contributed by atoms with Gasteiger partial charge in [0.15, 0.2) is 0 Å². The summed E-state index contributed by atoms with van der Waals surface area (Å²) in [6, 6.07) is 8.40. The summed E-state index contributed by atoms with van der Waals surface area (Å²) in [5, 5.41) is 0.